The van der Waals surface area contributed by atoms with Crippen LogP contribution in [0, 0.1) is 11.8 Å². The molecule has 2 heteroatoms. The Hall–Kier alpha value is -0.0800. The summed E-state index contributed by atoms with van der Waals surface area (Å²) in [4.78, 5) is 2.63. The fourth-order valence-corrected chi connectivity index (χ4v) is 3.51. The fourth-order valence-electron chi connectivity index (χ4n) is 3.51. The van der Waals surface area contributed by atoms with Crippen LogP contribution in [0.5, 0.6) is 0 Å². The second kappa shape index (κ2) is 6.75. The van der Waals surface area contributed by atoms with Crippen LogP contribution in [-0.4, -0.2) is 30.6 Å². The molecule has 0 aromatic heterocycles. The molecule has 2 rings (SSSR count). The minimum Gasteiger partial charge on any atom is -0.326 e. The van der Waals surface area contributed by atoms with Crippen molar-refractivity contribution in [1.29, 1.82) is 0 Å². The maximum Gasteiger partial charge on any atom is 0.0196 e. The van der Waals surface area contributed by atoms with Crippen LogP contribution in [0.3, 0.4) is 0 Å². The maximum atomic E-state index is 6.42. The zero-order valence-electron chi connectivity index (χ0n) is 11.5. The molecule has 100 valence electrons. The van der Waals surface area contributed by atoms with E-state index in [2.05, 4.69) is 11.8 Å². The van der Waals surface area contributed by atoms with Gasteiger partial charge >= 0.3 is 0 Å². The smallest absolute Gasteiger partial charge is 0.0196 e. The van der Waals surface area contributed by atoms with E-state index in [0.29, 0.717) is 6.04 Å². The number of rotatable bonds is 3. The van der Waals surface area contributed by atoms with Gasteiger partial charge < -0.3 is 10.6 Å². The molecule has 0 bridgehead atoms. The van der Waals surface area contributed by atoms with E-state index < -0.39 is 0 Å². The Morgan fingerprint density at radius 1 is 1.00 bits per heavy atom. The molecule has 1 saturated carbocycles. The van der Waals surface area contributed by atoms with Gasteiger partial charge in [0.15, 0.2) is 0 Å². The van der Waals surface area contributed by atoms with Gasteiger partial charge in [-0.15, -0.1) is 0 Å². The van der Waals surface area contributed by atoms with Gasteiger partial charge in [-0.3, -0.25) is 0 Å². The van der Waals surface area contributed by atoms with Crippen molar-refractivity contribution in [2.24, 2.45) is 17.6 Å². The Kier molecular flexibility index (Phi) is 5.30. The van der Waals surface area contributed by atoms with E-state index >= 15 is 0 Å². The van der Waals surface area contributed by atoms with Crippen molar-refractivity contribution >= 4 is 0 Å². The van der Waals surface area contributed by atoms with Gasteiger partial charge in [0.1, 0.15) is 0 Å². The second-order valence-corrected chi connectivity index (χ2v) is 6.40. The van der Waals surface area contributed by atoms with Crippen LogP contribution in [0.4, 0.5) is 0 Å². The molecule has 2 aliphatic rings. The van der Waals surface area contributed by atoms with E-state index in [4.69, 9.17) is 5.73 Å². The van der Waals surface area contributed by atoms with E-state index in [0.717, 1.165) is 18.4 Å². The summed E-state index contributed by atoms with van der Waals surface area (Å²) in [5, 5.41) is 0. The zero-order valence-corrected chi connectivity index (χ0v) is 11.5. The van der Waals surface area contributed by atoms with Crippen molar-refractivity contribution in [1.82, 2.24) is 4.90 Å². The summed E-state index contributed by atoms with van der Waals surface area (Å²) in [5.41, 5.74) is 6.42. The highest BCUT2D eigenvalue weighted by Gasteiger charge is 2.23. The highest BCUT2D eigenvalue weighted by Crippen LogP contribution is 2.26. The monoisotopic (exact) mass is 238 g/mol. The molecular weight excluding hydrogens is 208 g/mol. The number of hydrogen-bond donors (Lipinski definition) is 1. The molecule has 17 heavy (non-hydrogen) atoms. The van der Waals surface area contributed by atoms with Crippen LogP contribution in [-0.2, 0) is 0 Å². The van der Waals surface area contributed by atoms with Gasteiger partial charge in [0.05, 0.1) is 0 Å². The molecule has 2 atom stereocenters. The summed E-state index contributed by atoms with van der Waals surface area (Å²) in [5.74, 6) is 1.73. The van der Waals surface area contributed by atoms with E-state index in [1.165, 1.54) is 64.5 Å². The highest BCUT2D eigenvalue weighted by molar-refractivity contribution is 4.80. The molecule has 0 aromatic carbocycles. The molecule has 0 radical (unpaired) electrons. The first kappa shape index (κ1) is 13.4. The topological polar surface area (TPSA) is 29.3 Å². The Morgan fingerprint density at radius 2 is 1.76 bits per heavy atom. The number of likely N-dealkylation sites (tertiary alicyclic amines) is 1. The summed E-state index contributed by atoms with van der Waals surface area (Å²) in [6.07, 6.45) is 11.2. The molecule has 1 saturated heterocycles. The van der Waals surface area contributed by atoms with E-state index in [-0.39, 0.29) is 0 Å². The SMILES string of the molecule is CC1CCCN(CC(N)C2CCCCC2)CC1. The zero-order chi connectivity index (χ0) is 12.1. The quantitative estimate of drug-likeness (QED) is 0.819. The van der Waals surface area contributed by atoms with Gasteiger partial charge in [-0.2, -0.15) is 0 Å². The van der Waals surface area contributed by atoms with Gasteiger partial charge in [0, 0.05) is 12.6 Å². The molecule has 1 aliphatic heterocycles. The molecule has 2 unspecified atom stereocenters. The predicted molar refractivity (Wildman–Crippen MR) is 74.0 cm³/mol. The molecule has 0 spiro atoms. The lowest BCUT2D eigenvalue weighted by atomic mass is 9.84. The van der Waals surface area contributed by atoms with Gasteiger partial charge in [-0.05, 0) is 57.0 Å². The first-order chi connectivity index (χ1) is 8.25. The molecular formula is C15H30N2. The lowest BCUT2D eigenvalue weighted by Gasteiger charge is -2.31. The minimum absolute atomic E-state index is 0.434. The third kappa shape index (κ3) is 4.26. The molecule has 2 nitrogen and oxygen atoms in total. The van der Waals surface area contributed by atoms with Gasteiger partial charge in [0.25, 0.3) is 0 Å². The third-order valence-corrected chi connectivity index (χ3v) is 4.83. The summed E-state index contributed by atoms with van der Waals surface area (Å²) in [6.45, 7) is 6.11. The van der Waals surface area contributed by atoms with Crippen molar-refractivity contribution in [2.45, 2.75) is 64.3 Å². The number of nitrogens with zero attached hydrogens (tertiary/aromatic N) is 1. The van der Waals surface area contributed by atoms with Crippen molar-refractivity contribution in [2.75, 3.05) is 19.6 Å². The largest absolute Gasteiger partial charge is 0.326 e. The van der Waals surface area contributed by atoms with Crippen molar-refractivity contribution in [3.8, 4) is 0 Å². The van der Waals surface area contributed by atoms with Crippen LogP contribution in [0.25, 0.3) is 0 Å². The highest BCUT2D eigenvalue weighted by atomic mass is 15.1. The Morgan fingerprint density at radius 3 is 2.53 bits per heavy atom. The summed E-state index contributed by atoms with van der Waals surface area (Å²) < 4.78 is 0. The number of nitrogens with two attached hydrogens (primary N) is 1. The standard InChI is InChI=1S/C15H30N2/c1-13-6-5-10-17(11-9-13)12-15(16)14-7-3-2-4-8-14/h13-15H,2-12,16H2,1H3. The first-order valence-corrected chi connectivity index (χ1v) is 7.73. The van der Waals surface area contributed by atoms with Gasteiger partial charge in [0.2, 0.25) is 0 Å². The molecule has 2 fully saturated rings. The minimum atomic E-state index is 0.434. The average Bonchev–Trinajstić information content (AvgIpc) is 2.56. The first-order valence-electron chi connectivity index (χ1n) is 7.73. The molecule has 1 heterocycles. The predicted octanol–water partition coefficient (Wildman–Crippen LogP) is 3.02. The summed E-state index contributed by atoms with van der Waals surface area (Å²) in [6, 6.07) is 0.434. The Balaban J connectivity index is 1.74. The van der Waals surface area contributed by atoms with Crippen molar-refractivity contribution in [3.05, 3.63) is 0 Å². The van der Waals surface area contributed by atoms with Crippen LogP contribution < -0.4 is 5.73 Å². The van der Waals surface area contributed by atoms with E-state index in [1.807, 2.05) is 0 Å². The summed E-state index contributed by atoms with van der Waals surface area (Å²) >= 11 is 0. The van der Waals surface area contributed by atoms with Crippen LogP contribution in [0.1, 0.15) is 58.3 Å². The van der Waals surface area contributed by atoms with Gasteiger partial charge in [-0.1, -0.05) is 26.2 Å². The number of hydrogen-bond acceptors (Lipinski definition) is 2. The molecule has 2 N–H and O–H groups in total. The van der Waals surface area contributed by atoms with Crippen LogP contribution in [0.2, 0.25) is 0 Å². The van der Waals surface area contributed by atoms with Crippen LogP contribution >= 0.6 is 0 Å². The van der Waals surface area contributed by atoms with Crippen molar-refractivity contribution < 1.29 is 0 Å². The third-order valence-electron chi connectivity index (χ3n) is 4.83. The van der Waals surface area contributed by atoms with Gasteiger partial charge in [-0.25, -0.2) is 0 Å². The molecule has 1 aliphatic carbocycles. The van der Waals surface area contributed by atoms with E-state index in [9.17, 15) is 0 Å². The Bertz CT molecular complexity index is 211. The maximum absolute atomic E-state index is 6.42. The lowest BCUT2D eigenvalue weighted by molar-refractivity contribution is 0.210. The van der Waals surface area contributed by atoms with Crippen LogP contribution in [0.15, 0.2) is 0 Å². The second-order valence-electron chi connectivity index (χ2n) is 6.40. The van der Waals surface area contributed by atoms with Crippen molar-refractivity contribution in [3.63, 3.8) is 0 Å². The summed E-state index contributed by atoms with van der Waals surface area (Å²) in [7, 11) is 0. The molecule has 0 amide bonds. The fraction of sp³-hybridized carbons (Fsp3) is 1.00. The molecule has 0 aromatic rings. The normalized spacial score (nSPS) is 31.1. The average molecular weight is 238 g/mol. The lowest BCUT2D eigenvalue weighted by Crippen LogP contribution is -2.43. The van der Waals surface area contributed by atoms with E-state index in [1.54, 1.807) is 0 Å². The Labute approximate surface area is 107 Å².